The number of para-hydroxylation sites is 1. The van der Waals surface area contributed by atoms with Crippen LogP contribution in [-0.4, -0.2) is 24.7 Å². The number of hydrogen-bond acceptors (Lipinski definition) is 8. The van der Waals surface area contributed by atoms with E-state index in [9.17, 15) is 10.1 Å². The molecule has 9 nitrogen and oxygen atoms in total. The van der Waals surface area contributed by atoms with Gasteiger partial charge in [0, 0.05) is 17.5 Å². The first-order valence-electron chi connectivity index (χ1n) is 8.25. The molecule has 3 aromatic heterocycles. The topological polar surface area (TPSA) is 109 Å². The maximum Gasteiger partial charge on any atom is 0.269 e. The normalized spacial score (nSPS) is 11.3. The molecule has 0 unspecified atom stereocenters. The van der Waals surface area contributed by atoms with Gasteiger partial charge in [0.25, 0.3) is 5.69 Å². The van der Waals surface area contributed by atoms with Gasteiger partial charge in [0.1, 0.15) is 17.9 Å². The molecule has 10 heteroatoms. The first kappa shape index (κ1) is 16.4. The minimum atomic E-state index is -0.452. The molecule has 3 heterocycles. The molecule has 0 atom stereocenters. The standard InChI is InChI=1S/C18H11N5O4S/c24-23(25)12-5-7-13(8-6-12)26-10-16-21-22-17(19-20-18(22)28-16)15-9-11-3-1-2-4-14(11)27-15/h1-9H,10H2. The van der Waals surface area contributed by atoms with Gasteiger partial charge in [-0.3, -0.25) is 10.1 Å². The summed E-state index contributed by atoms with van der Waals surface area (Å²) in [5.41, 5.74) is 0.785. The number of nitro groups is 1. The molecule has 28 heavy (non-hydrogen) atoms. The second-order valence-corrected chi connectivity index (χ2v) is 6.94. The highest BCUT2D eigenvalue weighted by Gasteiger charge is 2.17. The van der Waals surface area contributed by atoms with Crippen LogP contribution in [0.3, 0.4) is 0 Å². The number of nitrogens with zero attached hydrogens (tertiary/aromatic N) is 5. The Morgan fingerprint density at radius 1 is 1.14 bits per heavy atom. The largest absolute Gasteiger partial charge is 0.486 e. The molecule has 0 saturated carbocycles. The highest BCUT2D eigenvalue weighted by atomic mass is 32.1. The van der Waals surface area contributed by atoms with Gasteiger partial charge in [0.05, 0.1) is 4.92 Å². The number of nitro benzene ring substituents is 1. The molecule has 0 radical (unpaired) electrons. The van der Waals surface area contributed by atoms with Crippen LogP contribution in [0.1, 0.15) is 5.01 Å². The van der Waals surface area contributed by atoms with E-state index in [0.29, 0.717) is 27.3 Å². The van der Waals surface area contributed by atoms with Gasteiger partial charge in [-0.25, -0.2) is 0 Å². The SMILES string of the molecule is O=[N+]([O-])c1ccc(OCc2nn3c(-c4cc5ccccc5o4)nnc3s2)cc1. The fraction of sp³-hybridized carbons (Fsp3) is 0.0556. The third-order valence-electron chi connectivity index (χ3n) is 4.09. The monoisotopic (exact) mass is 393 g/mol. The second kappa shape index (κ2) is 6.43. The number of hydrogen-bond donors (Lipinski definition) is 0. The second-order valence-electron chi connectivity index (χ2n) is 5.90. The van der Waals surface area contributed by atoms with Crippen LogP contribution in [0.15, 0.2) is 59.0 Å². The van der Waals surface area contributed by atoms with Crippen molar-refractivity contribution in [1.29, 1.82) is 0 Å². The van der Waals surface area contributed by atoms with E-state index in [1.807, 2.05) is 30.3 Å². The van der Waals surface area contributed by atoms with Crippen molar-refractivity contribution >= 4 is 33.0 Å². The summed E-state index contributed by atoms with van der Waals surface area (Å²) in [6, 6.07) is 15.5. The lowest BCUT2D eigenvalue weighted by atomic mass is 10.2. The zero-order chi connectivity index (χ0) is 19.1. The summed E-state index contributed by atoms with van der Waals surface area (Å²) in [6.45, 7) is 0.214. The molecular weight excluding hydrogens is 382 g/mol. The maximum atomic E-state index is 10.7. The predicted molar refractivity (Wildman–Crippen MR) is 101 cm³/mol. The van der Waals surface area contributed by atoms with Crippen LogP contribution in [0.4, 0.5) is 5.69 Å². The van der Waals surface area contributed by atoms with Gasteiger partial charge in [0.2, 0.25) is 10.8 Å². The fourth-order valence-corrected chi connectivity index (χ4v) is 3.52. The van der Waals surface area contributed by atoms with E-state index in [0.717, 1.165) is 11.0 Å². The van der Waals surface area contributed by atoms with Gasteiger partial charge in [-0.15, -0.1) is 10.2 Å². The van der Waals surface area contributed by atoms with E-state index in [2.05, 4.69) is 15.3 Å². The quantitative estimate of drug-likeness (QED) is 0.327. The number of rotatable bonds is 5. The van der Waals surface area contributed by atoms with Crippen LogP contribution < -0.4 is 4.74 Å². The number of ether oxygens (including phenoxy) is 1. The Hall–Kier alpha value is -3.79. The third kappa shape index (κ3) is 2.85. The maximum absolute atomic E-state index is 10.7. The smallest absolute Gasteiger partial charge is 0.269 e. The molecule has 5 aromatic rings. The molecule has 0 bridgehead atoms. The van der Waals surface area contributed by atoms with E-state index in [-0.39, 0.29) is 12.3 Å². The van der Waals surface area contributed by atoms with E-state index >= 15 is 0 Å². The summed E-state index contributed by atoms with van der Waals surface area (Å²) in [7, 11) is 0. The molecule has 0 aliphatic carbocycles. The molecule has 0 aliphatic rings. The lowest BCUT2D eigenvalue weighted by Gasteiger charge is -2.02. The number of furan rings is 1. The number of non-ortho nitro benzene ring substituents is 1. The van der Waals surface area contributed by atoms with Crippen LogP contribution >= 0.6 is 11.3 Å². The van der Waals surface area contributed by atoms with Gasteiger partial charge >= 0.3 is 0 Å². The zero-order valence-electron chi connectivity index (χ0n) is 14.2. The lowest BCUT2D eigenvalue weighted by molar-refractivity contribution is -0.384. The summed E-state index contributed by atoms with van der Waals surface area (Å²) in [5.74, 6) is 1.62. The minimum Gasteiger partial charge on any atom is -0.486 e. The third-order valence-corrected chi connectivity index (χ3v) is 4.96. The zero-order valence-corrected chi connectivity index (χ0v) is 15.0. The van der Waals surface area contributed by atoms with Crippen LogP contribution in [0.5, 0.6) is 5.75 Å². The van der Waals surface area contributed by atoms with Gasteiger partial charge in [0.15, 0.2) is 10.8 Å². The van der Waals surface area contributed by atoms with Crippen molar-refractivity contribution in [1.82, 2.24) is 19.8 Å². The van der Waals surface area contributed by atoms with Crippen LogP contribution in [-0.2, 0) is 6.61 Å². The van der Waals surface area contributed by atoms with E-state index in [1.165, 1.54) is 23.5 Å². The summed E-state index contributed by atoms with van der Waals surface area (Å²) >= 11 is 1.35. The van der Waals surface area contributed by atoms with Crippen molar-refractivity contribution in [3.05, 3.63) is 69.7 Å². The van der Waals surface area contributed by atoms with Crippen molar-refractivity contribution < 1.29 is 14.1 Å². The van der Waals surface area contributed by atoms with Crippen LogP contribution in [0, 0.1) is 10.1 Å². The molecule has 138 valence electrons. The summed E-state index contributed by atoms with van der Waals surface area (Å²) in [5, 5.41) is 25.2. The molecule has 2 aromatic carbocycles. The summed E-state index contributed by atoms with van der Waals surface area (Å²) < 4.78 is 13.1. The number of benzene rings is 2. The Morgan fingerprint density at radius 3 is 2.75 bits per heavy atom. The molecular formula is C18H11N5O4S. The fourth-order valence-electron chi connectivity index (χ4n) is 2.77. The van der Waals surface area contributed by atoms with E-state index in [4.69, 9.17) is 9.15 Å². The molecule has 0 spiro atoms. The Bertz CT molecular complexity index is 1270. The van der Waals surface area contributed by atoms with Crippen molar-refractivity contribution in [3.8, 4) is 17.3 Å². The van der Waals surface area contributed by atoms with E-state index in [1.54, 1.807) is 16.6 Å². The Kier molecular flexibility index (Phi) is 3.76. The van der Waals surface area contributed by atoms with Crippen molar-refractivity contribution in [2.45, 2.75) is 6.61 Å². The number of aromatic nitrogens is 4. The van der Waals surface area contributed by atoms with Crippen molar-refractivity contribution in [2.24, 2.45) is 0 Å². The van der Waals surface area contributed by atoms with Crippen LogP contribution in [0.2, 0.25) is 0 Å². The Morgan fingerprint density at radius 2 is 1.96 bits per heavy atom. The van der Waals surface area contributed by atoms with Crippen molar-refractivity contribution in [2.75, 3.05) is 0 Å². The highest BCUT2D eigenvalue weighted by molar-refractivity contribution is 7.16. The molecule has 0 saturated heterocycles. The van der Waals surface area contributed by atoms with Gasteiger partial charge in [-0.05, 0) is 24.3 Å². The Balaban J connectivity index is 1.39. The van der Waals surface area contributed by atoms with Crippen LogP contribution in [0.25, 0.3) is 27.5 Å². The summed E-state index contributed by atoms with van der Waals surface area (Å²) in [4.78, 5) is 10.9. The Labute approximate surface area is 161 Å². The molecule has 0 fully saturated rings. The van der Waals surface area contributed by atoms with E-state index < -0.39 is 4.92 Å². The predicted octanol–water partition coefficient (Wildman–Crippen LogP) is 4.09. The lowest BCUT2D eigenvalue weighted by Crippen LogP contribution is -1.97. The number of fused-ring (bicyclic) bond motifs is 2. The molecule has 0 amide bonds. The average Bonchev–Trinajstić information content (AvgIpc) is 3.39. The highest BCUT2D eigenvalue weighted by Crippen LogP contribution is 2.28. The van der Waals surface area contributed by atoms with Gasteiger partial charge < -0.3 is 9.15 Å². The summed E-state index contributed by atoms with van der Waals surface area (Å²) in [6.07, 6.45) is 0. The first-order chi connectivity index (χ1) is 13.7. The molecule has 5 rings (SSSR count). The van der Waals surface area contributed by atoms with Gasteiger partial charge in [-0.2, -0.15) is 9.61 Å². The van der Waals surface area contributed by atoms with Gasteiger partial charge in [-0.1, -0.05) is 29.5 Å². The first-order valence-corrected chi connectivity index (χ1v) is 9.06. The molecule has 0 aliphatic heterocycles. The molecule has 0 N–H and O–H groups in total. The minimum absolute atomic E-state index is 0.0154. The van der Waals surface area contributed by atoms with Crippen molar-refractivity contribution in [3.63, 3.8) is 0 Å². The average molecular weight is 393 g/mol.